The van der Waals surface area contributed by atoms with Gasteiger partial charge in [0.05, 0.1) is 0 Å². The van der Waals surface area contributed by atoms with Gasteiger partial charge in [0.2, 0.25) is 0 Å². The summed E-state index contributed by atoms with van der Waals surface area (Å²) in [6.07, 6.45) is 4.73. The summed E-state index contributed by atoms with van der Waals surface area (Å²) in [5, 5.41) is 32.6. The molecule has 4 aliphatic rings. The molecule has 0 aromatic heterocycles. The van der Waals surface area contributed by atoms with Crippen LogP contribution in [0.15, 0.2) is 11.6 Å². The van der Waals surface area contributed by atoms with E-state index in [1.165, 1.54) is 0 Å². The zero-order valence-corrected chi connectivity index (χ0v) is 17.7. The van der Waals surface area contributed by atoms with Crippen molar-refractivity contribution in [2.45, 2.75) is 69.1 Å². The Bertz CT molecular complexity index is 877. The van der Waals surface area contributed by atoms with Crippen molar-refractivity contribution in [1.29, 1.82) is 5.26 Å². The number of aliphatic hydroxyl groups excluding tert-OH is 1. The van der Waals surface area contributed by atoms with Crippen LogP contribution in [0.4, 0.5) is 0 Å². The van der Waals surface area contributed by atoms with Crippen molar-refractivity contribution in [2.24, 2.45) is 22.7 Å². The maximum Gasteiger partial charge on any atom is 0.190 e. The molecule has 29 heavy (non-hydrogen) atoms. The second kappa shape index (κ2) is 6.50. The average Bonchev–Trinajstić information content (AvgIpc) is 2.94. The maximum atomic E-state index is 13.9. The smallest absolute Gasteiger partial charge is 0.190 e. The topological polar surface area (TPSA) is 115 Å². The van der Waals surface area contributed by atoms with Crippen LogP contribution in [0.25, 0.3) is 0 Å². The van der Waals surface area contributed by atoms with Crippen LogP contribution in [0.2, 0.25) is 0 Å². The van der Waals surface area contributed by atoms with Gasteiger partial charge in [-0.3, -0.25) is 14.4 Å². The summed E-state index contributed by atoms with van der Waals surface area (Å²) in [4.78, 5) is 38.4. The highest BCUT2D eigenvalue weighted by atomic mass is 32.2. The minimum absolute atomic E-state index is 0.00189. The molecule has 6 nitrogen and oxygen atoms in total. The van der Waals surface area contributed by atoms with Crippen molar-refractivity contribution in [1.82, 2.24) is 0 Å². The number of nitriles is 1. The number of hydrogen-bond donors (Lipinski definition) is 2. The highest BCUT2D eigenvalue weighted by Gasteiger charge is 2.74. The van der Waals surface area contributed by atoms with E-state index in [0.717, 1.165) is 17.3 Å². The SMILES string of the molecule is C[C@]12CCC(=O)C=C1CC[C@H]1[C@@H]3CC[C@](O)(C(=O)CO)[C@@]3(C)CC(=O)[C@@]12SC#N. The Labute approximate surface area is 174 Å². The molecule has 0 bridgehead atoms. The molecule has 4 rings (SSSR count). The molecule has 2 N–H and O–H groups in total. The number of ketones is 3. The lowest BCUT2D eigenvalue weighted by Crippen LogP contribution is -2.68. The molecule has 0 spiro atoms. The van der Waals surface area contributed by atoms with E-state index in [0.29, 0.717) is 32.1 Å². The van der Waals surface area contributed by atoms with Crippen LogP contribution >= 0.6 is 11.8 Å². The van der Waals surface area contributed by atoms with Gasteiger partial charge in [-0.15, -0.1) is 0 Å². The summed E-state index contributed by atoms with van der Waals surface area (Å²) in [6, 6.07) is 0. The summed E-state index contributed by atoms with van der Waals surface area (Å²) < 4.78 is -0.968. The van der Waals surface area contributed by atoms with Crippen LogP contribution < -0.4 is 0 Å². The molecule has 4 aliphatic carbocycles. The number of carbonyl (C=O) groups excluding carboxylic acids is 3. The molecule has 156 valence electrons. The van der Waals surface area contributed by atoms with E-state index in [4.69, 9.17) is 0 Å². The lowest BCUT2D eigenvalue weighted by molar-refractivity contribution is -0.167. The van der Waals surface area contributed by atoms with Gasteiger partial charge in [0.25, 0.3) is 0 Å². The third kappa shape index (κ3) is 2.34. The first-order valence-electron chi connectivity index (χ1n) is 10.3. The van der Waals surface area contributed by atoms with Crippen molar-refractivity contribution < 1.29 is 24.6 Å². The van der Waals surface area contributed by atoms with Gasteiger partial charge in [-0.1, -0.05) is 19.4 Å². The number of Topliss-reactive ketones (excluding diaryl/α,β-unsaturated/α-hetero) is 2. The van der Waals surface area contributed by atoms with Gasteiger partial charge in [0.1, 0.15) is 22.4 Å². The van der Waals surface area contributed by atoms with Crippen molar-refractivity contribution in [3.63, 3.8) is 0 Å². The molecule has 0 radical (unpaired) electrons. The number of carbonyl (C=O) groups is 3. The number of thiocyanates is 1. The Hall–Kier alpha value is -1.49. The Morgan fingerprint density at radius 2 is 1.97 bits per heavy atom. The molecule has 0 saturated heterocycles. The van der Waals surface area contributed by atoms with E-state index in [2.05, 4.69) is 5.40 Å². The standard InChI is InChI=1S/C22H27NO5S/c1-19-7-5-14(25)9-13(19)3-4-16-15-6-8-21(28,18(27)11-24)20(15,2)10-17(26)22(16,19)29-12-23/h9,15-16,24,28H,3-8,10-11H2,1-2H3/t15-,16-,19-,20-,21-,22-/m0/s1. The minimum atomic E-state index is -1.72. The van der Waals surface area contributed by atoms with Crippen LogP contribution in [-0.4, -0.2) is 44.5 Å². The first-order chi connectivity index (χ1) is 13.6. The van der Waals surface area contributed by atoms with E-state index in [9.17, 15) is 29.9 Å². The van der Waals surface area contributed by atoms with Crippen molar-refractivity contribution >= 4 is 29.1 Å². The lowest BCUT2D eigenvalue weighted by atomic mass is 9.45. The number of thioether (sulfide) groups is 1. The fourth-order valence-corrected chi connectivity index (χ4v) is 8.44. The van der Waals surface area contributed by atoms with Gasteiger partial charge in [-0.05, 0) is 61.8 Å². The molecule has 0 aliphatic heterocycles. The fraction of sp³-hybridized carbons (Fsp3) is 0.727. The summed E-state index contributed by atoms with van der Waals surface area (Å²) in [7, 11) is 0. The number of hydrogen-bond acceptors (Lipinski definition) is 7. The molecular weight excluding hydrogens is 390 g/mol. The van der Waals surface area contributed by atoms with Gasteiger partial charge in [0, 0.05) is 23.7 Å². The molecule has 0 unspecified atom stereocenters. The predicted molar refractivity (Wildman–Crippen MR) is 107 cm³/mol. The van der Waals surface area contributed by atoms with Gasteiger partial charge in [-0.25, -0.2) is 0 Å². The largest absolute Gasteiger partial charge is 0.388 e. The quantitative estimate of drug-likeness (QED) is 0.677. The van der Waals surface area contributed by atoms with Crippen LogP contribution in [0.3, 0.4) is 0 Å². The second-order valence-electron chi connectivity index (χ2n) is 9.65. The number of nitrogens with zero attached hydrogens (tertiary/aromatic N) is 1. The minimum Gasteiger partial charge on any atom is -0.388 e. The fourth-order valence-electron chi connectivity index (χ4n) is 7.22. The number of aliphatic hydroxyl groups is 2. The average molecular weight is 418 g/mol. The first kappa shape index (κ1) is 20.8. The predicted octanol–water partition coefficient (Wildman–Crippen LogP) is 2.33. The summed E-state index contributed by atoms with van der Waals surface area (Å²) in [6.45, 7) is 3.07. The normalized spacial score (nSPS) is 46.2. The first-order valence-corrected chi connectivity index (χ1v) is 11.1. The van der Waals surface area contributed by atoms with Crippen LogP contribution in [-0.2, 0) is 14.4 Å². The molecule has 3 fully saturated rings. The van der Waals surface area contributed by atoms with Gasteiger partial charge < -0.3 is 10.2 Å². The van der Waals surface area contributed by atoms with E-state index in [1.807, 2.05) is 6.92 Å². The molecule has 3 saturated carbocycles. The molecular formula is C22H27NO5S. The zero-order chi connectivity index (χ0) is 21.2. The third-order valence-corrected chi connectivity index (χ3v) is 10.2. The van der Waals surface area contributed by atoms with Crippen molar-refractivity contribution in [3.05, 3.63) is 11.6 Å². The van der Waals surface area contributed by atoms with E-state index in [-0.39, 0.29) is 36.2 Å². The zero-order valence-electron chi connectivity index (χ0n) is 16.9. The Morgan fingerprint density at radius 3 is 2.62 bits per heavy atom. The molecule has 6 atom stereocenters. The van der Waals surface area contributed by atoms with Crippen molar-refractivity contribution in [3.8, 4) is 5.40 Å². The molecule has 0 aromatic rings. The Morgan fingerprint density at radius 1 is 1.24 bits per heavy atom. The second-order valence-corrected chi connectivity index (χ2v) is 10.7. The van der Waals surface area contributed by atoms with E-state index >= 15 is 0 Å². The third-order valence-electron chi connectivity index (χ3n) is 8.80. The Kier molecular flexibility index (Phi) is 4.66. The summed E-state index contributed by atoms with van der Waals surface area (Å²) in [5.74, 6) is -0.917. The monoisotopic (exact) mass is 417 g/mol. The van der Waals surface area contributed by atoms with E-state index in [1.54, 1.807) is 13.0 Å². The number of fused-ring (bicyclic) bond motifs is 5. The number of rotatable bonds is 3. The van der Waals surface area contributed by atoms with Crippen LogP contribution in [0.1, 0.15) is 58.8 Å². The van der Waals surface area contributed by atoms with Gasteiger partial charge in [0.15, 0.2) is 17.3 Å². The summed E-state index contributed by atoms with van der Waals surface area (Å²) in [5.41, 5.74) is -2.28. The van der Waals surface area contributed by atoms with Gasteiger partial charge in [-0.2, -0.15) is 5.26 Å². The molecule has 0 aromatic carbocycles. The van der Waals surface area contributed by atoms with E-state index < -0.39 is 33.6 Å². The van der Waals surface area contributed by atoms with Crippen LogP contribution in [0.5, 0.6) is 0 Å². The lowest BCUT2D eigenvalue weighted by Gasteiger charge is -2.63. The highest BCUT2D eigenvalue weighted by molar-refractivity contribution is 8.05. The maximum absolute atomic E-state index is 13.9. The molecule has 7 heteroatoms. The molecule has 0 amide bonds. The Balaban J connectivity index is 1.87. The van der Waals surface area contributed by atoms with Crippen LogP contribution in [0, 0.1) is 33.3 Å². The number of allylic oxidation sites excluding steroid dienone is 1. The van der Waals surface area contributed by atoms with Crippen molar-refractivity contribution in [2.75, 3.05) is 6.61 Å². The summed E-state index contributed by atoms with van der Waals surface area (Å²) >= 11 is 1.03. The molecule has 0 heterocycles. The van der Waals surface area contributed by atoms with Gasteiger partial charge >= 0.3 is 0 Å². The highest BCUT2D eigenvalue weighted by Crippen LogP contribution is 2.71.